The third-order valence-electron chi connectivity index (χ3n) is 3.94. The van der Waals surface area contributed by atoms with Crippen molar-refractivity contribution in [3.63, 3.8) is 0 Å². The number of anilines is 1. The second kappa shape index (κ2) is 4.45. The van der Waals surface area contributed by atoms with Gasteiger partial charge in [0.25, 0.3) is 0 Å². The van der Waals surface area contributed by atoms with Gasteiger partial charge < -0.3 is 4.74 Å². The molecule has 4 nitrogen and oxygen atoms in total. The largest absolute Gasteiger partial charge is 0.443 e. The third-order valence-corrected chi connectivity index (χ3v) is 4.38. The molecule has 1 saturated carbocycles. The topological polar surface area (TPSA) is 42.4 Å². The lowest BCUT2D eigenvalue weighted by Gasteiger charge is -2.34. The maximum atomic E-state index is 12.3. The van der Waals surface area contributed by atoms with Crippen molar-refractivity contribution in [1.29, 1.82) is 0 Å². The van der Waals surface area contributed by atoms with E-state index < -0.39 is 5.60 Å². The normalized spacial score (nSPS) is 19.7. The van der Waals surface area contributed by atoms with E-state index in [1.54, 1.807) is 11.1 Å². The van der Waals surface area contributed by atoms with Crippen LogP contribution in [0, 0.1) is 0 Å². The Kier molecular flexibility index (Phi) is 3.08. The van der Waals surface area contributed by atoms with Crippen LogP contribution in [0.3, 0.4) is 0 Å². The number of amides is 1. The van der Waals surface area contributed by atoms with E-state index in [1.165, 1.54) is 18.4 Å². The van der Waals surface area contributed by atoms with Gasteiger partial charge in [0.15, 0.2) is 0 Å². The number of carbonyl (C=O) groups excluding carboxylic acids is 1. The SMILES string of the molecule is CC(C)(C)OC(=O)N1CCC2(CC2)c2cc(Br)cnc21. The summed E-state index contributed by atoms with van der Waals surface area (Å²) < 4.78 is 6.45. The Hall–Kier alpha value is -1.10. The summed E-state index contributed by atoms with van der Waals surface area (Å²) in [6.07, 6.45) is 4.83. The van der Waals surface area contributed by atoms with Crippen LogP contribution in [0.5, 0.6) is 0 Å². The molecule has 3 rings (SSSR count). The Morgan fingerprint density at radius 3 is 2.70 bits per heavy atom. The molecule has 2 aliphatic rings. The number of hydrogen-bond acceptors (Lipinski definition) is 3. The number of pyridine rings is 1. The van der Waals surface area contributed by atoms with Crippen LogP contribution in [0.4, 0.5) is 10.6 Å². The average Bonchev–Trinajstić information content (AvgIpc) is 3.09. The Bertz CT molecular complexity index is 561. The highest BCUT2D eigenvalue weighted by Crippen LogP contribution is 2.56. The van der Waals surface area contributed by atoms with Crippen LogP contribution in [0.25, 0.3) is 0 Å². The highest BCUT2D eigenvalue weighted by atomic mass is 79.9. The number of aromatic nitrogens is 1. The number of ether oxygens (including phenoxy) is 1. The second-order valence-corrected chi connectivity index (χ2v) is 7.60. The summed E-state index contributed by atoms with van der Waals surface area (Å²) >= 11 is 3.48. The van der Waals surface area contributed by atoms with Gasteiger partial charge in [-0.25, -0.2) is 9.78 Å². The standard InChI is InChI=1S/C15H19BrN2O2/c1-14(2,3)20-13(19)18-7-6-15(4-5-15)11-8-10(16)9-17-12(11)18/h8-9H,4-7H2,1-3H3. The molecule has 1 aromatic rings. The van der Waals surface area contributed by atoms with Gasteiger partial charge in [-0.3, -0.25) is 4.90 Å². The van der Waals surface area contributed by atoms with E-state index in [0.29, 0.717) is 6.54 Å². The van der Waals surface area contributed by atoms with Gasteiger partial charge in [0, 0.05) is 28.2 Å². The minimum atomic E-state index is -0.485. The van der Waals surface area contributed by atoms with Gasteiger partial charge in [0.2, 0.25) is 0 Å². The van der Waals surface area contributed by atoms with Gasteiger partial charge in [-0.15, -0.1) is 0 Å². The van der Waals surface area contributed by atoms with Gasteiger partial charge in [-0.2, -0.15) is 0 Å². The summed E-state index contributed by atoms with van der Waals surface area (Å²) in [7, 11) is 0. The molecule has 20 heavy (non-hydrogen) atoms. The van der Waals surface area contributed by atoms with E-state index in [-0.39, 0.29) is 11.5 Å². The highest BCUT2D eigenvalue weighted by Gasteiger charge is 2.50. The summed E-state index contributed by atoms with van der Waals surface area (Å²) in [5, 5.41) is 0. The van der Waals surface area contributed by atoms with E-state index in [0.717, 1.165) is 16.7 Å². The van der Waals surface area contributed by atoms with E-state index in [9.17, 15) is 4.79 Å². The molecule has 0 radical (unpaired) electrons. The van der Waals surface area contributed by atoms with Gasteiger partial charge >= 0.3 is 6.09 Å². The van der Waals surface area contributed by atoms with Crippen LogP contribution in [-0.4, -0.2) is 23.2 Å². The van der Waals surface area contributed by atoms with Gasteiger partial charge in [-0.1, -0.05) is 0 Å². The van der Waals surface area contributed by atoms with Crippen molar-refractivity contribution in [3.8, 4) is 0 Å². The first-order valence-corrected chi connectivity index (χ1v) is 7.77. The minimum Gasteiger partial charge on any atom is -0.443 e. The number of hydrogen-bond donors (Lipinski definition) is 0. The third kappa shape index (κ3) is 2.43. The number of fused-ring (bicyclic) bond motifs is 2. The summed E-state index contributed by atoms with van der Waals surface area (Å²) in [6.45, 7) is 6.34. The Labute approximate surface area is 127 Å². The summed E-state index contributed by atoms with van der Waals surface area (Å²) in [4.78, 5) is 18.5. The van der Waals surface area contributed by atoms with Crippen LogP contribution in [0.1, 0.15) is 45.6 Å². The fourth-order valence-electron chi connectivity index (χ4n) is 2.77. The lowest BCUT2D eigenvalue weighted by atomic mass is 9.89. The molecule has 1 aromatic heterocycles. The monoisotopic (exact) mass is 338 g/mol. The van der Waals surface area contributed by atoms with Gasteiger partial charge in [0.1, 0.15) is 11.4 Å². The summed E-state index contributed by atoms with van der Waals surface area (Å²) in [5.41, 5.74) is 0.954. The average molecular weight is 339 g/mol. The van der Waals surface area contributed by atoms with Crippen LogP contribution >= 0.6 is 15.9 Å². The molecule has 1 aliphatic carbocycles. The Morgan fingerprint density at radius 1 is 1.40 bits per heavy atom. The lowest BCUT2D eigenvalue weighted by Crippen LogP contribution is -2.42. The molecule has 1 spiro atoms. The predicted molar refractivity (Wildman–Crippen MR) is 81.0 cm³/mol. The fourth-order valence-corrected chi connectivity index (χ4v) is 3.10. The number of halogens is 1. The highest BCUT2D eigenvalue weighted by molar-refractivity contribution is 9.10. The quantitative estimate of drug-likeness (QED) is 0.717. The molecule has 0 saturated heterocycles. The molecular formula is C15H19BrN2O2. The predicted octanol–water partition coefficient (Wildman–Crippen LogP) is 4.02. The molecule has 5 heteroatoms. The molecule has 0 aromatic carbocycles. The zero-order valence-electron chi connectivity index (χ0n) is 12.1. The van der Waals surface area contributed by atoms with Crippen molar-refractivity contribution in [1.82, 2.24) is 4.98 Å². The maximum absolute atomic E-state index is 12.3. The minimum absolute atomic E-state index is 0.255. The lowest BCUT2D eigenvalue weighted by molar-refractivity contribution is 0.0574. The van der Waals surface area contributed by atoms with Crippen LogP contribution in [0.15, 0.2) is 16.7 Å². The molecule has 108 valence electrons. The second-order valence-electron chi connectivity index (χ2n) is 6.69. The number of carbonyl (C=O) groups is 1. The van der Waals surface area contributed by atoms with Crippen molar-refractivity contribution in [2.24, 2.45) is 0 Å². The van der Waals surface area contributed by atoms with E-state index in [4.69, 9.17) is 4.74 Å². The smallest absolute Gasteiger partial charge is 0.416 e. The van der Waals surface area contributed by atoms with Crippen molar-refractivity contribution >= 4 is 27.8 Å². The first kappa shape index (κ1) is 13.9. The fraction of sp³-hybridized carbons (Fsp3) is 0.600. The number of nitrogens with zero attached hydrogens (tertiary/aromatic N) is 2. The molecule has 0 unspecified atom stereocenters. The Balaban J connectivity index is 1.94. The van der Waals surface area contributed by atoms with Gasteiger partial charge in [0.05, 0.1) is 0 Å². The van der Waals surface area contributed by atoms with Crippen LogP contribution in [-0.2, 0) is 10.2 Å². The zero-order chi connectivity index (χ0) is 14.5. The summed E-state index contributed by atoms with van der Waals surface area (Å²) in [6, 6.07) is 2.10. The number of rotatable bonds is 0. The molecule has 1 aliphatic heterocycles. The van der Waals surface area contributed by atoms with Crippen LogP contribution in [0.2, 0.25) is 0 Å². The van der Waals surface area contributed by atoms with Gasteiger partial charge in [-0.05, 0) is 62.0 Å². The first-order valence-electron chi connectivity index (χ1n) is 6.97. The maximum Gasteiger partial charge on any atom is 0.416 e. The molecule has 2 heterocycles. The van der Waals surface area contributed by atoms with E-state index >= 15 is 0 Å². The van der Waals surface area contributed by atoms with Crippen molar-refractivity contribution in [2.75, 3.05) is 11.4 Å². The molecular weight excluding hydrogens is 320 g/mol. The summed E-state index contributed by atoms with van der Waals surface area (Å²) in [5.74, 6) is 0.770. The van der Waals surface area contributed by atoms with E-state index in [2.05, 4.69) is 27.0 Å². The van der Waals surface area contributed by atoms with E-state index in [1.807, 2.05) is 20.8 Å². The first-order chi connectivity index (χ1) is 9.31. The molecule has 1 fully saturated rings. The molecule has 0 bridgehead atoms. The Morgan fingerprint density at radius 2 is 2.10 bits per heavy atom. The molecule has 1 amide bonds. The zero-order valence-corrected chi connectivity index (χ0v) is 13.7. The molecule has 0 N–H and O–H groups in total. The molecule has 0 atom stereocenters. The van der Waals surface area contributed by atoms with Crippen molar-refractivity contribution < 1.29 is 9.53 Å². The van der Waals surface area contributed by atoms with Crippen molar-refractivity contribution in [2.45, 2.75) is 51.0 Å². The van der Waals surface area contributed by atoms with Crippen molar-refractivity contribution in [3.05, 3.63) is 22.3 Å². The van der Waals surface area contributed by atoms with Crippen LogP contribution < -0.4 is 4.90 Å².